The average Bonchev–Trinajstić information content (AvgIpc) is 3.27. The summed E-state index contributed by atoms with van der Waals surface area (Å²) in [5, 5.41) is 14.8. The number of hydrogen-bond acceptors (Lipinski definition) is 5. The van der Waals surface area contributed by atoms with E-state index in [1.54, 1.807) is 0 Å². The van der Waals surface area contributed by atoms with Gasteiger partial charge in [0.15, 0.2) is 0 Å². The van der Waals surface area contributed by atoms with Gasteiger partial charge >= 0.3 is 5.97 Å². The Morgan fingerprint density at radius 2 is 2.00 bits per heavy atom. The minimum absolute atomic E-state index is 0.208. The van der Waals surface area contributed by atoms with Crippen LogP contribution in [-0.4, -0.2) is 76.1 Å². The summed E-state index contributed by atoms with van der Waals surface area (Å²) in [5.41, 5.74) is 2.92. The number of ether oxygens (including phenoxy) is 1. The quantitative estimate of drug-likeness (QED) is 0.840. The molecule has 150 valence electrons. The van der Waals surface area contributed by atoms with E-state index in [-0.39, 0.29) is 5.92 Å². The molecule has 0 unspecified atom stereocenters. The van der Waals surface area contributed by atoms with Crippen LogP contribution in [0.25, 0.3) is 0 Å². The highest BCUT2D eigenvalue weighted by atomic mass is 16.5. The van der Waals surface area contributed by atoms with Crippen molar-refractivity contribution in [2.45, 2.75) is 52.7 Å². The van der Waals surface area contributed by atoms with Gasteiger partial charge in [0.2, 0.25) is 0 Å². The molecule has 4 rings (SSSR count). The van der Waals surface area contributed by atoms with Crippen LogP contribution in [0.5, 0.6) is 0 Å². The van der Waals surface area contributed by atoms with E-state index in [0.717, 1.165) is 57.9 Å². The zero-order valence-electron chi connectivity index (χ0n) is 16.8. The SMILES string of the molecule is CCn1nc(C)c(CN2C[C@H]3CN(C4CCOCC4)C[C@@]3(C(=O)O)C2)c1C. The fourth-order valence-corrected chi connectivity index (χ4v) is 5.45. The van der Waals surface area contributed by atoms with Crippen LogP contribution in [0.2, 0.25) is 0 Å². The molecule has 1 N–H and O–H groups in total. The van der Waals surface area contributed by atoms with Gasteiger partial charge in [-0.1, -0.05) is 0 Å². The third-order valence-corrected chi connectivity index (χ3v) is 7.05. The third kappa shape index (κ3) is 3.19. The van der Waals surface area contributed by atoms with Crippen molar-refractivity contribution in [2.75, 3.05) is 39.4 Å². The van der Waals surface area contributed by atoms with E-state index in [0.29, 0.717) is 19.1 Å². The van der Waals surface area contributed by atoms with Crippen molar-refractivity contribution >= 4 is 5.97 Å². The Labute approximate surface area is 161 Å². The summed E-state index contributed by atoms with van der Waals surface area (Å²) in [6.07, 6.45) is 2.06. The predicted octanol–water partition coefficient (Wildman–Crippen LogP) is 1.52. The maximum Gasteiger partial charge on any atom is 0.312 e. The topological polar surface area (TPSA) is 70.8 Å². The van der Waals surface area contributed by atoms with Crippen molar-refractivity contribution < 1.29 is 14.6 Å². The molecule has 0 saturated carbocycles. The first-order valence-electron chi connectivity index (χ1n) is 10.2. The molecule has 0 bridgehead atoms. The van der Waals surface area contributed by atoms with Gasteiger partial charge in [0.1, 0.15) is 0 Å². The molecule has 3 fully saturated rings. The highest BCUT2D eigenvalue weighted by Gasteiger charge is 2.58. The lowest BCUT2D eigenvalue weighted by Crippen LogP contribution is -2.44. The summed E-state index contributed by atoms with van der Waals surface area (Å²) in [6.45, 7) is 12.7. The molecule has 0 spiro atoms. The van der Waals surface area contributed by atoms with E-state index in [1.807, 2.05) is 4.68 Å². The van der Waals surface area contributed by atoms with Gasteiger partial charge < -0.3 is 9.84 Å². The Morgan fingerprint density at radius 3 is 2.59 bits per heavy atom. The molecule has 27 heavy (non-hydrogen) atoms. The summed E-state index contributed by atoms with van der Waals surface area (Å²) < 4.78 is 7.53. The molecule has 7 nitrogen and oxygen atoms in total. The molecule has 3 aliphatic heterocycles. The zero-order chi connectivity index (χ0) is 19.2. The van der Waals surface area contributed by atoms with E-state index in [1.165, 1.54) is 11.3 Å². The Kier molecular flexibility index (Phi) is 5.03. The maximum atomic E-state index is 12.3. The first kappa shape index (κ1) is 18.9. The van der Waals surface area contributed by atoms with Crippen LogP contribution in [-0.2, 0) is 22.6 Å². The second-order valence-electron chi connectivity index (χ2n) is 8.57. The number of aryl methyl sites for hydroxylation is 2. The van der Waals surface area contributed by atoms with Gasteiger partial charge in [-0.05, 0) is 33.6 Å². The van der Waals surface area contributed by atoms with Gasteiger partial charge in [-0.15, -0.1) is 0 Å². The van der Waals surface area contributed by atoms with Crippen LogP contribution in [0.3, 0.4) is 0 Å². The smallest absolute Gasteiger partial charge is 0.312 e. The Bertz CT molecular complexity index is 712. The standard InChI is InChI=1S/C20H32N4O3/c1-4-24-15(3)18(14(2)21-24)11-22-9-16-10-23(17-5-7-27-8-6-17)13-20(16,12-22)19(25)26/h16-17H,4-13H2,1-3H3,(H,25,26)/t16-,20-/m0/s1. The summed E-state index contributed by atoms with van der Waals surface area (Å²) in [7, 11) is 0. The highest BCUT2D eigenvalue weighted by Crippen LogP contribution is 2.44. The number of rotatable bonds is 5. The molecule has 2 atom stereocenters. The summed E-state index contributed by atoms with van der Waals surface area (Å²) in [5.74, 6) is -0.415. The molecule has 4 heterocycles. The number of carboxylic acid groups (broad SMARTS) is 1. The summed E-state index contributed by atoms with van der Waals surface area (Å²) in [6, 6.07) is 0.487. The molecule has 0 radical (unpaired) electrons. The number of likely N-dealkylation sites (tertiary alicyclic amines) is 2. The zero-order valence-corrected chi connectivity index (χ0v) is 16.8. The van der Waals surface area contributed by atoms with Crippen molar-refractivity contribution in [3.8, 4) is 0 Å². The molecule has 7 heteroatoms. The summed E-state index contributed by atoms with van der Waals surface area (Å²) >= 11 is 0. The molecule has 3 saturated heterocycles. The van der Waals surface area contributed by atoms with Gasteiger partial charge in [-0.2, -0.15) is 5.10 Å². The minimum atomic E-state index is -0.624. The first-order chi connectivity index (χ1) is 12.9. The second kappa shape index (κ2) is 7.18. The van der Waals surface area contributed by atoms with E-state index in [4.69, 9.17) is 4.74 Å². The Hall–Kier alpha value is -1.44. The number of aliphatic carboxylic acids is 1. The van der Waals surface area contributed by atoms with Gasteiger partial charge in [-0.25, -0.2) is 0 Å². The number of fused-ring (bicyclic) bond motifs is 1. The number of carbonyl (C=O) groups is 1. The molecule has 1 aromatic rings. The average molecular weight is 377 g/mol. The van der Waals surface area contributed by atoms with Crippen LogP contribution >= 0.6 is 0 Å². The number of aromatic nitrogens is 2. The van der Waals surface area contributed by atoms with Crippen molar-refractivity contribution in [3.05, 3.63) is 17.0 Å². The monoisotopic (exact) mass is 376 g/mol. The van der Waals surface area contributed by atoms with Crippen molar-refractivity contribution in [1.82, 2.24) is 19.6 Å². The van der Waals surface area contributed by atoms with Crippen molar-refractivity contribution in [1.29, 1.82) is 0 Å². The van der Waals surface area contributed by atoms with Crippen LogP contribution in [0, 0.1) is 25.2 Å². The lowest BCUT2D eigenvalue weighted by Gasteiger charge is -2.33. The van der Waals surface area contributed by atoms with Gasteiger partial charge in [0, 0.05) is 75.7 Å². The molecule has 3 aliphatic rings. The van der Waals surface area contributed by atoms with Crippen LogP contribution in [0.15, 0.2) is 0 Å². The second-order valence-corrected chi connectivity index (χ2v) is 8.57. The first-order valence-corrected chi connectivity index (χ1v) is 10.2. The van der Waals surface area contributed by atoms with E-state index < -0.39 is 11.4 Å². The largest absolute Gasteiger partial charge is 0.481 e. The molecule has 1 aromatic heterocycles. The van der Waals surface area contributed by atoms with Gasteiger partial charge in [-0.3, -0.25) is 19.3 Å². The molecule has 0 aliphatic carbocycles. The van der Waals surface area contributed by atoms with Gasteiger partial charge in [0.05, 0.1) is 11.1 Å². The lowest BCUT2D eigenvalue weighted by molar-refractivity contribution is -0.149. The highest BCUT2D eigenvalue weighted by molar-refractivity contribution is 5.77. The van der Waals surface area contributed by atoms with Crippen LogP contribution in [0.4, 0.5) is 0 Å². The lowest BCUT2D eigenvalue weighted by atomic mass is 9.81. The molecular weight excluding hydrogens is 344 g/mol. The predicted molar refractivity (Wildman–Crippen MR) is 102 cm³/mol. The molecular formula is C20H32N4O3. The minimum Gasteiger partial charge on any atom is -0.481 e. The third-order valence-electron chi connectivity index (χ3n) is 7.05. The Morgan fingerprint density at radius 1 is 1.26 bits per heavy atom. The molecule has 0 amide bonds. The number of nitrogens with zero attached hydrogens (tertiary/aromatic N) is 4. The maximum absolute atomic E-state index is 12.3. The van der Waals surface area contributed by atoms with Gasteiger partial charge in [0.25, 0.3) is 0 Å². The fraction of sp³-hybridized carbons (Fsp3) is 0.800. The van der Waals surface area contributed by atoms with Crippen LogP contribution in [0.1, 0.15) is 36.7 Å². The van der Waals surface area contributed by atoms with E-state index in [2.05, 4.69) is 35.7 Å². The number of carboxylic acids is 1. The van der Waals surface area contributed by atoms with Crippen molar-refractivity contribution in [2.24, 2.45) is 11.3 Å². The molecule has 0 aromatic carbocycles. The van der Waals surface area contributed by atoms with E-state index in [9.17, 15) is 9.90 Å². The number of hydrogen-bond donors (Lipinski definition) is 1. The van der Waals surface area contributed by atoms with Crippen LogP contribution < -0.4 is 0 Å². The Balaban J connectivity index is 1.48. The van der Waals surface area contributed by atoms with E-state index >= 15 is 0 Å². The summed E-state index contributed by atoms with van der Waals surface area (Å²) in [4.78, 5) is 17.1. The fourth-order valence-electron chi connectivity index (χ4n) is 5.45. The normalized spacial score (nSPS) is 30.1. The van der Waals surface area contributed by atoms with Crippen molar-refractivity contribution in [3.63, 3.8) is 0 Å².